The van der Waals surface area contributed by atoms with E-state index in [4.69, 9.17) is 10.8 Å². The van der Waals surface area contributed by atoms with E-state index in [1.807, 2.05) is 0 Å². The molecule has 2 aromatic carbocycles. The molecule has 0 saturated heterocycles. The van der Waals surface area contributed by atoms with Gasteiger partial charge in [-0.05, 0) is 56.2 Å². The molecule has 0 aliphatic carbocycles. The molecular formula is C41H59N9O11. The van der Waals surface area contributed by atoms with Crippen molar-refractivity contribution in [2.45, 2.75) is 95.8 Å². The summed E-state index contributed by atoms with van der Waals surface area (Å²) in [6, 6.07) is 6.39. The normalized spacial score (nSPS) is 14.0. The molecule has 1 aliphatic rings. The van der Waals surface area contributed by atoms with E-state index in [9.17, 15) is 48.3 Å². The maximum absolute atomic E-state index is 14.0. The zero-order valence-electron chi connectivity index (χ0n) is 34.7. The van der Waals surface area contributed by atoms with Gasteiger partial charge in [0.25, 0.3) is 11.8 Å². The highest BCUT2D eigenvalue weighted by molar-refractivity contribution is 6.25. The van der Waals surface area contributed by atoms with Crippen molar-refractivity contribution in [3.8, 4) is 0 Å². The molecule has 4 atom stereocenters. The van der Waals surface area contributed by atoms with Crippen molar-refractivity contribution in [1.29, 1.82) is 0 Å². The molecule has 1 heterocycles. The van der Waals surface area contributed by atoms with Crippen LogP contribution in [0, 0.1) is 0 Å². The van der Waals surface area contributed by atoms with Gasteiger partial charge < -0.3 is 53.2 Å². The first-order chi connectivity index (χ1) is 29.1. The zero-order chi connectivity index (χ0) is 44.9. The van der Waals surface area contributed by atoms with Crippen LogP contribution in [-0.4, -0.2) is 138 Å². The number of unbranched alkanes of at least 4 members (excludes halogenated alkanes) is 1. The topological polar surface area (TPSA) is 308 Å². The van der Waals surface area contributed by atoms with Gasteiger partial charge in [0.1, 0.15) is 12.1 Å². The molecule has 0 radical (unpaired) electrons. The molecule has 20 nitrogen and oxygen atoms in total. The Bertz CT molecular complexity index is 1840. The summed E-state index contributed by atoms with van der Waals surface area (Å²) >= 11 is 0. The van der Waals surface area contributed by atoms with Crippen LogP contribution in [0.5, 0.6) is 0 Å². The number of imide groups is 1. The number of hydrogen-bond acceptors (Lipinski definition) is 12. The van der Waals surface area contributed by atoms with Crippen LogP contribution in [0.2, 0.25) is 0 Å². The van der Waals surface area contributed by atoms with Crippen molar-refractivity contribution < 1.29 is 53.4 Å². The maximum Gasteiger partial charge on any atom is 0.326 e. The molecule has 1 aliphatic heterocycles. The number of rotatable bonds is 29. The molecular weight excluding hydrogens is 795 g/mol. The average molecular weight is 854 g/mol. The molecule has 0 unspecified atom stereocenters. The molecule has 2 aromatic rings. The van der Waals surface area contributed by atoms with Crippen molar-refractivity contribution in [2.75, 3.05) is 45.8 Å². The van der Waals surface area contributed by atoms with Crippen LogP contribution in [0.15, 0.2) is 36.4 Å². The van der Waals surface area contributed by atoms with Crippen molar-refractivity contribution in [2.24, 2.45) is 5.73 Å². The van der Waals surface area contributed by atoms with Gasteiger partial charge in [-0.2, -0.15) is 0 Å². The van der Waals surface area contributed by atoms with Crippen molar-refractivity contribution in [1.82, 2.24) is 42.1 Å². The van der Waals surface area contributed by atoms with Crippen LogP contribution >= 0.6 is 0 Å². The third-order valence-electron chi connectivity index (χ3n) is 9.89. The van der Waals surface area contributed by atoms with Crippen LogP contribution in [-0.2, 0) is 33.6 Å². The van der Waals surface area contributed by atoms with E-state index in [-0.39, 0.29) is 83.2 Å². The molecule has 0 aromatic heterocycles. The lowest BCUT2D eigenvalue weighted by Crippen LogP contribution is -2.55. The lowest BCUT2D eigenvalue weighted by atomic mass is 9.94. The smallest absolute Gasteiger partial charge is 0.326 e. The standard InChI is InChI=1S/C41H59N9O11/c1-3-4-10-27(42)23-43-18-15-30(44-20-21-45-34(53)24-47-25(2)51)38(57)49-31(37(56)46-19-16-32(41(60)61)48-33(52)13-7-14-35(54)55)17-22-50-39(58)28-11-5-8-26-9-6-12-29(36(26)28)40(50)59/h5-6,8-9,11-12,27,30-32,43-44H,3-4,7,10,13-24,42H2,1-2H3,(H,45,53)(H,46,56)(H,47,51)(H,48,52)(H,49,57)(H,54,55)(H,60,61)/t27-,30-,31+,32+/m0/s1. The van der Waals surface area contributed by atoms with Gasteiger partial charge in [0, 0.05) is 75.0 Å². The van der Waals surface area contributed by atoms with E-state index >= 15 is 0 Å². The Morgan fingerprint density at radius 3 is 2.00 bits per heavy atom. The van der Waals surface area contributed by atoms with E-state index in [1.54, 1.807) is 36.4 Å². The monoisotopic (exact) mass is 853 g/mol. The largest absolute Gasteiger partial charge is 0.481 e. The Morgan fingerprint density at radius 2 is 1.38 bits per heavy atom. The van der Waals surface area contributed by atoms with Crippen LogP contribution in [0.3, 0.4) is 0 Å². The highest BCUT2D eigenvalue weighted by atomic mass is 16.4. The zero-order valence-corrected chi connectivity index (χ0v) is 34.7. The second-order valence-electron chi connectivity index (χ2n) is 14.8. The second kappa shape index (κ2) is 25.6. The van der Waals surface area contributed by atoms with Gasteiger partial charge in [-0.3, -0.25) is 43.3 Å². The third kappa shape index (κ3) is 16.5. The molecule has 0 saturated carbocycles. The van der Waals surface area contributed by atoms with E-state index in [0.717, 1.165) is 24.2 Å². The third-order valence-corrected chi connectivity index (χ3v) is 9.89. The Kier molecular flexibility index (Phi) is 20.7. The van der Waals surface area contributed by atoms with Gasteiger partial charge in [-0.15, -0.1) is 0 Å². The van der Waals surface area contributed by atoms with Crippen molar-refractivity contribution >= 4 is 64.1 Å². The SMILES string of the molecule is CCCC[C@H](N)CNCC[C@H](NCCNC(=O)CNC(C)=O)C(=O)N[C@H](CCN1C(=O)c2cccc3cccc(c23)C1=O)C(=O)NCC[C@@H](NC(=O)CCCC(=O)O)C(=O)O. The fraction of sp³-hybridized carbons (Fsp3) is 0.537. The molecule has 7 amide bonds. The van der Waals surface area contributed by atoms with E-state index < -0.39 is 65.5 Å². The number of aliphatic carboxylic acids is 2. The van der Waals surface area contributed by atoms with Gasteiger partial charge in [-0.25, -0.2) is 4.79 Å². The predicted molar refractivity (Wildman–Crippen MR) is 223 cm³/mol. The van der Waals surface area contributed by atoms with Gasteiger partial charge in [0.2, 0.25) is 29.5 Å². The minimum Gasteiger partial charge on any atom is -0.481 e. The lowest BCUT2D eigenvalue weighted by molar-refractivity contribution is -0.142. The molecule has 0 spiro atoms. The highest BCUT2D eigenvalue weighted by Crippen LogP contribution is 2.30. The van der Waals surface area contributed by atoms with Gasteiger partial charge in [-0.1, -0.05) is 44.0 Å². The minimum atomic E-state index is -1.42. The fourth-order valence-electron chi connectivity index (χ4n) is 6.61. The molecule has 11 N–H and O–H groups in total. The minimum absolute atomic E-state index is 0.0000253. The second-order valence-corrected chi connectivity index (χ2v) is 14.8. The van der Waals surface area contributed by atoms with E-state index in [0.29, 0.717) is 35.0 Å². The summed E-state index contributed by atoms with van der Waals surface area (Å²) in [4.78, 5) is 114. The van der Waals surface area contributed by atoms with Gasteiger partial charge in [0.05, 0.1) is 12.6 Å². The van der Waals surface area contributed by atoms with Crippen molar-refractivity contribution in [3.63, 3.8) is 0 Å². The first-order valence-electron chi connectivity index (χ1n) is 20.5. The highest BCUT2D eigenvalue weighted by Gasteiger charge is 2.34. The number of carbonyl (C=O) groups excluding carboxylic acids is 7. The number of nitrogens with zero attached hydrogens (tertiary/aromatic N) is 1. The quantitative estimate of drug-likeness (QED) is 0.0360. The van der Waals surface area contributed by atoms with Gasteiger partial charge in [0.15, 0.2) is 0 Å². The maximum atomic E-state index is 14.0. The Morgan fingerprint density at radius 1 is 0.705 bits per heavy atom. The van der Waals surface area contributed by atoms with Crippen LogP contribution in [0.1, 0.15) is 92.4 Å². The fourth-order valence-corrected chi connectivity index (χ4v) is 6.61. The van der Waals surface area contributed by atoms with Crippen LogP contribution < -0.4 is 43.0 Å². The number of carboxylic acid groups (broad SMARTS) is 2. The Balaban J connectivity index is 1.77. The summed E-state index contributed by atoms with van der Waals surface area (Å²) in [6.45, 7) is 3.62. The number of benzene rings is 2. The number of carboxylic acids is 2. The number of amides is 7. The molecule has 0 bridgehead atoms. The lowest BCUT2D eigenvalue weighted by Gasteiger charge is -2.29. The predicted octanol–water partition coefficient (Wildman–Crippen LogP) is -0.651. The Labute approximate surface area is 353 Å². The number of nitrogens with two attached hydrogens (primary N) is 1. The first-order valence-corrected chi connectivity index (χ1v) is 20.5. The molecule has 0 fully saturated rings. The summed E-state index contributed by atoms with van der Waals surface area (Å²) < 4.78 is 0. The summed E-state index contributed by atoms with van der Waals surface area (Å²) in [5.41, 5.74) is 6.81. The van der Waals surface area contributed by atoms with Crippen molar-refractivity contribution in [3.05, 3.63) is 47.5 Å². The van der Waals surface area contributed by atoms with Crippen LogP contribution in [0.25, 0.3) is 10.8 Å². The average Bonchev–Trinajstić information content (AvgIpc) is 3.22. The summed E-state index contributed by atoms with van der Waals surface area (Å²) in [7, 11) is 0. The molecule has 3 rings (SSSR count). The summed E-state index contributed by atoms with van der Waals surface area (Å²) in [5, 5.41) is 38.8. The Hall–Kier alpha value is -5.99. The molecule has 20 heteroatoms. The van der Waals surface area contributed by atoms with E-state index in [2.05, 4.69) is 44.1 Å². The molecule has 334 valence electrons. The summed E-state index contributed by atoms with van der Waals surface area (Å²) in [6.07, 6.45) is 2.00. The first kappa shape index (κ1) is 49.4. The summed E-state index contributed by atoms with van der Waals surface area (Å²) in [5.74, 6) is -6.52. The number of carbonyl (C=O) groups is 9. The van der Waals surface area contributed by atoms with Gasteiger partial charge >= 0.3 is 11.9 Å². The van der Waals surface area contributed by atoms with Crippen LogP contribution in [0.4, 0.5) is 0 Å². The number of nitrogens with one attached hydrogen (secondary N) is 7. The number of hydrogen-bond donors (Lipinski definition) is 10. The van der Waals surface area contributed by atoms with E-state index in [1.165, 1.54) is 6.92 Å². The molecule has 61 heavy (non-hydrogen) atoms.